The predicted molar refractivity (Wildman–Crippen MR) is 54.6 cm³/mol. The van der Waals surface area contributed by atoms with Crippen LogP contribution in [0.5, 0.6) is 0 Å². The molecule has 0 spiro atoms. The first-order valence-electron chi connectivity index (χ1n) is 4.22. The van der Waals surface area contributed by atoms with Crippen molar-refractivity contribution < 1.29 is 0 Å². The quantitative estimate of drug-likeness (QED) is 0.740. The number of nitrogens with zero attached hydrogens (tertiary/aromatic N) is 2. The molecular formula is C9H14ClN3. The van der Waals surface area contributed by atoms with E-state index in [1.54, 1.807) is 6.20 Å². The third kappa shape index (κ3) is 3.30. The van der Waals surface area contributed by atoms with Crippen LogP contribution in [0, 0.1) is 0 Å². The zero-order valence-electron chi connectivity index (χ0n) is 7.70. The highest BCUT2D eigenvalue weighted by atomic mass is 35.5. The molecule has 0 aromatic carbocycles. The van der Waals surface area contributed by atoms with Gasteiger partial charge in [0.25, 0.3) is 0 Å². The van der Waals surface area contributed by atoms with E-state index in [1.165, 1.54) is 0 Å². The fourth-order valence-corrected chi connectivity index (χ4v) is 1.31. The van der Waals surface area contributed by atoms with Gasteiger partial charge in [0.1, 0.15) is 5.15 Å². The van der Waals surface area contributed by atoms with E-state index in [0.29, 0.717) is 11.7 Å². The minimum atomic E-state index is 0.575. The summed E-state index contributed by atoms with van der Waals surface area (Å²) in [4.78, 5) is 6.11. The molecule has 0 amide bonds. The minimum Gasteiger partial charge on any atom is -0.329 e. The van der Waals surface area contributed by atoms with E-state index < -0.39 is 0 Å². The van der Waals surface area contributed by atoms with Gasteiger partial charge in [-0.3, -0.25) is 0 Å². The average Bonchev–Trinajstić information content (AvgIpc) is 2.09. The molecule has 0 radical (unpaired) electrons. The van der Waals surface area contributed by atoms with Crippen LogP contribution < -0.4 is 5.73 Å². The molecule has 1 aromatic rings. The van der Waals surface area contributed by atoms with Gasteiger partial charge in [0.15, 0.2) is 0 Å². The first-order valence-corrected chi connectivity index (χ1v) is 4.60. The lowest BCUT2D eigenvalue weighted by atomic mass is 10.3. The van der Waals surface area contributed by atoms with Crippen LogP contribution in [0.3, 0.4) is 0 Å². The van der Waals surface area contributed by atoms with Gasteiger partial charge in [0, 0.05) is 31.4 Å². The molecule has 2 N–H and O–H groups in total. The van der Waals surface area contributed by atoms with Crippen molar-refractivity contribution in [1.82, 2.24) is 9.88 Å². The van der Waals surface area contributed by atoms with Crippen molar-refractivity contribution in [2.24, 2.45) is 5.73 Å². The molecule has 0 bridgehead atoms. The van der Waals surface area contributed by atoms with Crippen LogP contribution in [0.25, 0.3) is 0 Å². The standard InChI is InChI=1S/C9H14ClN3/c1-13(6-4-11)7-8-3-2-5-12-9(8)10/h2-3,5H,4,6-7,11H2,1H3. The van der Waals surface area contributed by atoms with E-state index in [2.05, 4.69) is 9.88 Å². The highest BCUT2D eigenvalue weighted by Crippen LogP contribution is 2.12. The predicted octanol–water partition coefficient (Wildman–Crippen LogP) is 1.13. The first-order chi connectivity index (χ1) is 6.24. The normalized spacial score (nSPS) is 10.8. The highest BCUT2D eigenvalue weighted by Gasteiger charge is 2.03. The van der Waals surface area contributed by atoms with Crippen molar-refractivity contribution in [1.29, 1.82) is 0 Å². The van der Waals surface area contributed by atoms with Gasteiger partial charge in [0.05, 0.1) is 0 Å². The van der Waals surface area contributed by atoms with Crippen LogP contribution in [0.4, 0.5) is 0 Å². The molecule has 0 aliphatic heterocycles. The maximum atomic E-state index is 5.90. The maximum Gasteiger partial charge on any atom is 0.133 e. The lowest BCUT2D eigenvalue weighted by Crippen LogP contribution is -2.25. The van der Waals surface area contributed by atoms with Gasteiger partial charge in [-0.05, 0) is 13.1 Å². The molecule has 0 saturated carbocycles. The SMILES string of the molecule is CN(CCN)Cc1cccnc1Cl. The smallest absolute Gasteiger partial charge is 0.133 e. The Balaban J connectivity index is 2.58. The molecular weight excluding hydrogens is 186 g/mol. The maximum absolute atomic E-state index is 5.90. The van der Waals surface area contributed by atoms with E-state index in [4.69, 9.17) is 17.3 Å². The van der Waals surface area contributed by atoms with Gasteiger partial charge in [-0.15, -0.1) is 0 Å². The molecule has 0 saturated heterocycles. The van der Waals surface area contributed by atoms with Crippen LogP contribution in [0.15, 0.2) is 18.3 Å². The monoisotopic (exact) mass is 199 g/mol. The van der Waals surface area contributed by atoms with Crippen molar-refractivity contribution in [2.45, 2.75) is 6.54 Å². The Morgan fingerprint density at radius 3 is 3.00 bits per heavy atom. The van der Waals surface area contributed by atoms with Crippen LogP contribution in [-0.2, 0) is 6.54 Å². The number of hydrogen-bond acceptors (Lipinski definition) is 3. The van der Waals surface area contributed by atoms with Crippen molar-refractivity contribution in [3.8, 4) is 0 Å². The Morgan fingerprint density at radius 1 is 1.62 bits per heavy atom. The van der Waals surface area contributed by atoms with E-state index in [1.807, 2.05) is 19.2 Å². The number of hydrogen-bond donors (Lipinski definition) is 1. The summed E-state index contributed by atoms with van der Waals surface area (Å²) in [5.74, 6) is 0. The third-order valence-electron chi connectivity index (χ3n) is 1.79. The molecule has 0 fully saturated rings. The molecule has 1 rings (SSSR count). The Morgan fingerprint density at radius 2 is 2.38 bits per heavy atom. The van der Waals surface area contributed by atoms with Crippen molar-refractivity contribution in [2.75, 3.05) is 20.1 Å². The van der Waals surface area contributed by atoms with Gasteiger partial charge in [-0.1, -0.05) is 17.7 Å². The lowest BCUT2D eigenvalue weighted by Gasteiger charge is -2.15. The first kappa shape index (κ1) is 10.4. The fraction of sp³-hybridized carbons (Fsp3) is 0.444. The van der Waals surface area contributed by atoms with Crippen LogP contribution in [-0.4, -0.2) is 30.0 Å². The molecule has 0 aliphatic rings. The Kier molecular flexibility index (Phi) is 4.15. The molecule has 0 atom stereocenters. The number of aromatic nitrogens is 1. The van der Waals surface area contributed by atoms with Crippen LogP contribution >= 0.6 is 11.6 Å². The molecule has 72 valence electrons. The Hall–Kier alpha value is -0.640. The summed E-state index contributed by atoms with van der Waals surface area (Å²) in [6.45, 7) is 2.32. The Labute approximate surface area is 83.5 Å². The van der Waals surface area contributed by atoms with Crippen molar-refractivity contribution >= 4 is 11.6 Å². The average molecular weight is 200 g/mol. The largest absolute Gasteiger partial charge is 0.329 e. The number of rotatable bonds is 4. The number of pyridine rings is 1. The van der Waals surface area contributed by atoms with Crippen molar-refractivity contribution in [3.05, 3.63) is 29.0 Å². The molecule has 0 aliphatic carbocycles. The van der Waals surface area contributed by atoms with Gasteiger partial charge in [0.2, 0.25) is 0 Å². The zero-order valence-corrected chi connectivity index (χ0v) is 8.46. The van der Waals surface area contributed by atoms with Gasteiger partial charge in [-0.2, -0.15) is 0 Å². The van der Waals surface area contributed by atoms with Gasteiger partial charge >= 0.3 is 0 Å². The fourth-order valence-electron chi connectivity index (χ4n) is 1.13. The van der Waals surface area contributed by atoms with Crippen LogP contribution in [0.2, 0.25) is 5.15 Å². The molecule has 0 unspecified atom stereocenters. The molecule has 1 heterocycles. The molecule has 1 aromatic heterocycles. The summed E-state index contributed by atoms with van der Waals surface area (Å²) in [6, 6.07) is 3.86. The lowest BCUT2D eigenvalue weighted by molar-refractivity contribution is 0.336. The summed E-state index contributed by atoms with van der Waals surface area (Å²) >= 11 is 5.90. The van der Waals surface area contributed by atoms with Crippen LogP contribution in [0.1, 0.15) is 5.56 Å². The second-order valence-corrected chi connectivity index (χ2v) is 3.34. The second-order valence-electron chi connectivity index (χ2n) is 2.98. The molecule has 4 heteroatoms. The highest BCUT2D eigenvalue weighted by molar-refractivity contribution is 6.30. The van der Waals surface area contributed by atoms with Gasteiger partial charge < -0.3 is 10.6 Å². The summed E-state index contributed by atoms with van der Waals surface area (Å²) in [6.07, 6.45) is 1.69. The number of halogens is 1. The van der Waals surface area contributed by atoms with E-state index >= 15 is 0 Å². The second kappa shape index (κ2) is 5.17. The zero-order chi connectivity index (χ0) is 9.68. The van der Waals surface area contributed by atoms with E-state index in [0.717, 1.165) is 18.7 Å². The minimum absolute atomic E-state index is 0.575. The van der Waals surface area contributed by atoms with Crippen molar-refractivity contribution in [3.63, 3.8) is 0 Å². The summed E-state index contributed by atoms with van der Waals surface area (Å²) in [5, 5.41) is 0.575. The topological polar surface area (TPSA) is 42.1 Å². The molecule has 3 nitrogen and oxygen atoms in total. The summed E-state index contributed by atoms with van der Waals surface area (Å²) in [7, 11) is 2.01. The van der Waals surface area contributed by atoms with Gasteiger partial charge in [-0.25, -0.2) is 4.98 Å². The van der Waals surface area contributed by atoms with E-state index in [9.17, 15) is 0 Å². The molecule has 13 heavy (non-hydrogen) atoms. The summed E-state index contributed by atoms with van der Waals surface area (Å²) in [5.41, 5.74) is 6.47. The van der Waals surface area contributed by atoms with E-state index in [-0.39, 0.29) is 0 Å². The summed E-state index contributed by atoms with van der Waals surface area (Å²) < 4.78 is 0. The Bertz CT molecular complexity index is 265. The number of nitrogens with two attached hydrogens (primary N) is 1. The third-order valence-corrected chi connectivity index (χ3v) is 2.13. The number of likely N-dealkylation sites (N-methyl/N-ethyl adjacent to an activating group) is 1.